The second-order valence-corrected chi connectivity index (χ2v) is 5.61. The molecule has 20 heavy (non-hydrogen) atoms. The minimum absolute atomic E-state index is 0.354. The van der Waals surface area contributed by atoms with E-state index < -0.39 is 0 Å². The summed E-state index contributed by atoms with van der Waals surface area (Å²) in [6.45, 7) is 7.38. The van der Waals surface area contributed by atoms with Crippen LogP contribution in [-0.2, 0) is 10.3 Å². The number of ether oxygens (including phenoxy) is 1. The second-order valence-electron chi connectivity index (χ2n) is 5.61. The van der Waals surface area contributed by atoms with Crippen molar-refractivity contribution in [3.63, 3.8) is 0 Å². The van der Waals surface area contributed by atoms with Crippen LogP contribution in [0, 0.1) is 0 Å². The Morgan fingerprint density at radius 3 is 2.45 bits per heavy atom. The third-order valence-corrected chi connectivity index (χ3v) is 4.24. The first-order valence-electron chi connectivity index (χ1n) is 7.87. The first-order chi connectivity index (χ1) is 9.69. The van der Waals surface area contributed by atoms with Gasteiger partial charge in [-0.05, 0) is 32.1 Å². The summed E-state index contributed by atoms with van der Waals surface area (Å²) in [7, 11) is 1.76. The van der Waals surface area contributed by atoms with Gasteiger partial charge in [-0.15, -0.1) is 0 Å². The fraction of sp³-hybridized carbons (Fsp3) is 0.750. The molecule has 1 N–H and O–H groups in total. The number of nitrogens with one attached hydrogen (secondary N) is 1. The zero-order valence-corrected chi connectivity index (χ0v) is 13.2. The van der Waals surface area contributed by atoms with Crippen molar-refractivity contribution in [1.29, 1.82) is 0 Å². The molecule has 1 aliphatic carbocycles. The average molecular weight is 277 g/mol. The molecule has 0 atom stereocenters. The predicted octanol–water partition coefficient (Wildman–Crippen LogP) is 3.84. The number of hydrogen-bond donors (Lipinski definition) is 1. The van der Waals surface area contributed by atoms with Crippen molar-refractivity contribution in [3.8, 4) is 0 Å². The van der Waals surface area contributed by atoms with E-state index in [1.54, 1.807) is 7.11 Å². The summed E-state index contributed by atoms with van der Waals surface area (Å²) in [5.74, 6) is 2.41. The normalized spacial score (nSPS) is 15.4. The summed E-state index contributed by atoms with van der Waals surface area (Å²) in [4.78, 5) is 9.53. The maximum absolute atomic E-state index is 5.78. The number of methoxy groups -OCH3 is 1. The predicted molar refractivity (Wildman–Crippen MR) is 82.1 cm³/mol. The maximum atomic E-state index is 5.78. The lowest BCUT2D eigenvalue weighted by molar-refractivity contribution is -0.0292. The van der Waals surface area contributed by atoms with E-state index in [9.17, 15) is 0 Å². The van der Waals surface area contributed by atoms with Gasteiger partial charge in [0, 0.05) is 31.3 Å². The zero-order chi connectivity index (χ0) is 14.6. The van der Waals surface area contributed by atoms with Crippen molar-refractivity contribution in [3.05, 3.63) is 17.6 Å². The van der Waals surface area contributed by atoms with Gasteiger partial charge in [-0.3, -0.25) is 0 Å². The van der Waals surface area contributed by atoms with E-state index in [2.05, 4.69) is 32.2 Å². The Hall–Kier alpha value is -1.16. The van der Waals surface area contributed by atoms with Gasteiger partial charge in [-0.1, -0.05) is 20.8 Å². The first-order valence-corrected chi connectivity index (χ1v) is 7.87. The van der Waals surface area contributed by atoms with Crippen molar-refractivity contribution in [1.82, 2.24) is 9.97 Å². The van der Waals surface area contributed by atoms with Gasteiger partial charge in [-0.25, -0.2) is 9.97 Å². The van der Waals surface area contributed by atoms with E-state index in [0.29, 0.717) is 5.92 Å². The lowest BCUT2D eigenvalue weighted by atomic mass is 9.95. The van der Waals surface area contributed by atoms with Gasteiger partial charge < -0.3 is 10.1 Å². The zero-order valence-electron chi connectivity index (χ0n) is 13.2. The van der Waals surface area contributed by atoms with E-state index in [0.717, 1.165) is 37.4 Å². The van der Waals surface area contributed by atoms with Crippen molar-refractivity contribution in [2.24, 2.45) is 0 Å². The van der Waals surface area contributed by atoms with Gasteiger partial charge in [0.05, 0.1) is 0 Å². The molecule has 1 aromatic rings. The van der Waals surface area contributed by atoms with E-state index in [1.807, 2.05) is 0 Å². The van der Waals surface area contributed by atoms with Crippen LogP contribution in [0.2, 0.25) is 0 Å². The smallest absolute Gasteiger partial charge is 0.162 e. The molecular weight excluding hydrogens is 250 g/mol. The molecular formula is C16H27N3O. The molecule has 1 saturated carbocycles. The summed E-state index contributed by atoms with van der Waals surface area (Å²) >= 11 is 0. The van der Waals surface area contributed by atoms with Crippen LogP contribution in [0.5, 0.6) is 0 Å². The highest BCUT2D eigenvalue weighted by atomic mass is 16.5. The van der Waals surface area contributed by atoms with Crippen LogP contribution in [0.15, 0.2) is 6.07 Å². The Balaban J connectivity index is 2.37. The summed E-state index contributed by atoms with van der Waals surface area (Å²) in [6, 6.07) is 2.11. The van der Waals surface area contributed by atoms with Gasteiger partial charge in [0.25, 0.3) is 0 Å². The van der Waals surface area contributed by atoms with Crippen LogP contribution in [0.1, 0.15) is 70.3 Å². The largest absolute Gasteiger partial charge is 0.370 e. The standard InChI is InChI=1S/C16H27N3O/c1-5-10-17-14-11-13(12-8-9-12)18-15(19-14)16(6-2,7-3)20-4/h11-12H,5-10H2,1-4H3,(H,17,18,19). The third-order valence-electron chi connectivity index (χ3n) is 4.24. The molecule has 0 bridgehead atoms. The number of hydrogen-bond acceptors (Lipinski definition) is 4. The lowest BCUT2D eigenvalue weighted by Crippen LogP contribution is -2.30. The molecule has 1 aromatic heterocycles. The second kappa shape index (κ2) is 6.53. The van der Waals surface area contributed by atoms with Gasteiger partial charge >= 0.3 is 0 Å². The van der Waals surface area contributed by atoms with E-state index in [-0.39, 0.29) is 5.60 Å². The lowest BCUT2D eigenvalue weighted by Gasteiger charge is -2.29. The Kier molecular flexibility index (Phi) is 4.97. The molecule has 4 nitrogen and oxygen atoms in total. The van der Waals surface area contributed by atoms with E-state index in [1.165, 1.54) is 18.5 Å². The van der Waals surface area contributed by atoms with Gasteiger partial charge in [0.1, 0.15) is 11.4 Å². The summed E-state index contributed by atoms with van der Waals surface area (Å²) in [6.07, 6.45) is 5.38. The molecule has 0 radical (unpaired) electrons. The monoisotopic (exact) mass is 277 g/mol. The molecule has 0 unspecified atom stereocenters. The minimum Gasteiger partial charge on any atom is -0.370 e. The molecule has 1 fully saturated rings. The van der Waals surface area contributed by atoms with Gasteiger partial charge in [-0.2, -0.15) is 0 Å². The molecule has 2 rings (SSSR count). The highest BCUT2D eigenvalue weighted by molar-refractivity contribution is 5.39. The first kappa shape index (κ1) is 15.2. The van der Waals surface area contributed by atoms with Crippen LogP contribution in [0.4, 0.5) is 5.82 Å². The van der Waals surface area contributed by atoms with Crippen LogP contribution in [0.25, 0.3) is 0 Å². The molecule has 1 heterocycles. The quantitative estimate of drug-likeness (QED) is 0.784. The van der Waals surface area contributed by atoms with Crippen LogP contribution < -0.4 is 5.32 Å². The molecule has 1 aliphatic rings. The van der Waals surface area contributed by atoms with Crippen molar-refractivity contribution in [2.75, 3.05) is 19.0 Å². The van der Waals surface area contributed by atoms with Crippen molar-refractivity contribution in [2.45, 2.75) is 64.4 Å². The highest BCUT2D eigenvalue weighted by Gasteiger charge is 2.34. The fourth-order valence-electron chi connectivity index (χ4n) is 2.55. The Bertz CT molecular complexity index is 431. The fourth-order valence-corrected chi connectivity index (χ4v) is 2.55. The van der Waals surface area contributed by atoms with Crippen LogP contribution >= 0.6 is 0 Å². The summed E-state index contributed by atoms with van der Waals surface area (Å²) in [5.41, 5.74) is 0.824. The van der Waals surface area contributed by atoms with Crippen LogP contribution in [-0.4, -0.2) is 23.6 Å². The summed E-state index contributed by atoms with van der Waals surface area (Å²) < 4.78 is 5.78. The SMILES string of the molecule is CCCNc1cc(C2CC2)nc(C(CC)(CC)OC)n1. The maximum Gasteiger partial charge on any atom is 0.162 e. The molecule has 0 aromatic carbocycles. The molecule has 0 spiro atoms. The number of anilines is 1. The number of aromatic nitrogens is 2. The van der Waals surface area contributed by atoms with Gasteiger partial charge in [0.15, 0.2) is 5.82 Å². The Labute approximate surface area is 122 Å². The Morgan fingerprint density at radius 1 is 1.25 bits per heavy atom. The highest BCUT2D eigenvalue weighted by Crippen LogP contribution is 2.41. The summed E-state index contributed by atoms with van der Waals surface area (Å²) in [5, 5.41) is 3.40. The van der Waals surface area contributed by atoms with Crippen molar-refractivity contribution >= 4 is 5.82 Å². The van der Waals surface area contributed by atoms with E-state index in [4.69, 9.17) is 14.7 Å². The molecule has 0 saturated heterocycles. The number of rotatable bonds is 8. The number of nitrogens with zero attached hydrogens (tertiary/aromatic N) is 2. The molecule has 4 heteroatoms. The third kappa shape index (κ3) is 3.11. The topological polar surface area (TPSA) is 47.0 Å². The minimum atomic E-state index is -0.354. The Morgan fingerprint density at radius 2 is 1.95 bits per heavy atom. The molecule has 0 aliphatic heterocycles. The average Bonchev–Trinajstić information content (AvgIpc) is 3.32. The van der Waals surface area contributed by atoms with Crippen LogP contribution in [0.3, 0.4) is 0 Å². The van der Waals surface area contributed by atoms with Crippen molar-refractivity contribution < 1.29 is 4.74 Å². The molecule has 112 valence electrons. The van der Waals surface area contributed by atoms with E-state index >= 15 is 0 Å². The molecule has 0 amide bonds. The van der Waals surface area contributed by atoms with Gasteiger partial charge in [0.2, 0.25) is 0 Å².